The van der Waals surface area contributed by atoms with E-state index in [-0.39, 0.29) is 13.2 Å². The summed E-state index contributed by atoms with van der Waals surface area (Å²) in [7, 11) is 1.57. The quantitative estimate of drug-likeness (QED) is 0.291. The Bertz CT molecular complexity index is 1210. The van der Waals surface area contributed by atoms with Crippen molar-refractivity contribution in [3.05, 3.63) is 70.1 Å². The summed E-state index contributed by atoms with van der Waals surface area (Å²) in [5, 5.41) is 15.3. The maximum absolute atomic E-state index is 13.3. The third-order valence-corrected chi connectivity index (χ3v) is 7.94. The first-order valence-corrected chi connectivity index (χ1v) is 14.0. The number of carbonyl (C=O) groups excluding carboxylic acids is 3. The number of hydrogen-bond acceptors (Lipinski definition) is 8. The van der Waals surface area contributed by atoms with Gasteiger partial charge in [0.2, 0.25) is 5.91 Å². The molecule has 2 aromatic rings. The Kier molecular flexibility index (Phi) is 9.77. The normalized spacial score (nSPS) is 20.7. The first-order chi connectivity index (χ1) is 18.8. The fraction of sp³-hybridized carbons (Fsp3) is 0.393. The number of thioether (sulfide) groups is 1. The van der Waals surface area contributed by atoms with Crippen LogP contribution in [0.3, 0.4) is 0 Å². The number of halogens is 1. The van der Waals surface area contributed by atoms with Crippen LogP contribution in [-0.2, 0) is 25.7 Å². The number of nitrogens with one attached hydrogen (secondary N) is 1. The fourth-order valence-corrected chi connectivity index (χ4v) is 5.74. The van der Waals surface area contributed by atoms with Crippen LogP contribution in [0.1, 0.15) is 31.7 Å². The van der Waals surface area contributed by atoms with E-state index >= 15 is 0 Å². The van der Waals surface area contributed by atoms with Crippen molar-refractivity contribution < 1.29 is 33.7 Å². The number of esters is 1. The molecule has 0 spiro atoms. The summed E-state index contributed by atoms with van der Waals surface area (Å²) < 4.78 is 16.2. The van der Waals surface area contributed by atoms with Gasteiger partial charge in [-0.1, -0.05) is 43.5 Å². The number of rotatable bonds is 12. The number of benzene rings is 2. The van der Waals surface area contributed by atoms with Gasteiger partial charge in [-0.2, -0.15) is 0 Å². The summed E-state index contributed by atoms with van der Waals surface area (Å²) in [5.74, 6) is -0.384. The third-order valence-electron chi connectivity index (χ3n) is 6.50. The van der Waals surface area contributed by atoms with Crippen molar-refractivity contribution in [3.63, 3.8) is 0 Å². The highest BCUT2D eigenvalue weighted by molar-refractivity contribution is 8.03. The SMILES string of the molecule is CCCCC(O)C1=CS[C@H]2C(NC(=O)COc3ccc(Cl)cc3)C(=O)N2C1C(=O)OCc1ccc(OC)cc1. The number of nitrogens with zero attached hydrogens (tertiary/aromatic N) is 1. The molecule has 1 saturated heterocycles. The molecule has 9 nitrogen and oxygen atoms in total. The highest BCUT2D eigenvalue weighted by Crippen LogP contribution is 2.42. The number of unbranched alkanes of at least 4 members (excludes halogenated alkanes) is 1. The molecule has 2 amide bonds. The lowest BCUT2D eigenvalue weighted by atomic mass is 9.93. The zero-order chi connectivity index (χ0) is 27.9. The Labute approximate surface area is 236 Å². The molecule has 2 heterocycles. The number of aliphatic hydroxyl groups excluding tert-OH is 1. The topological polar surface area (TPSA) is 114 Å². The lowest BCUT2D eigenvalue weighted by molar-refractivity contribution is -0.164. The van der Waals surface area contributed by atoms with E-state index in [0.29, 0.717) is 28.5 Å². The first kappa shape index (κ1) is 28.8. The summed E-state index contributed by atoms with van der Waals surface area (Å²) in [4.78, 5) is 40.4. The highest BCUT2D eigenvalue weighted by atomic mass is 35.5. The van der Waals surface area contributed by atoms with E-state index in [2.05, 4.69) is 5.32 Å². The predicted octanol–water partition coefficient (Wildman–Crippen LogP) is 3.67. The van der Waals surface area contributed by atoms with E-state index in [9.17, 15) is 19.5 Å². The van der Waals surface area contributed by atoms with E-state index in [0.717, 1.165) is 18.4 Å². The Morgan fingerprint density at radius 3 is 2.49 bits per heavy atom. The lowest BCUT2D eigenvalue weighted by Crippen LogP contribution is -2.74. The smallest absolute Gasteiger partial charge is 0.333 e. The van der Waals surface area contributed by atoms with Crippen molar-refractivity contribution in [1.82, 2.24) is 10.2 Å². The van der Waals surface area contributed by atoms with Crippen molar-refractivity contribution in [1.29, 1.82) is 0 Å². The zero-order valence-corrected chi connectivity index (χ0v) is 23.2. The molecule has 0 bridgehead atoms. The second kappa shape index (κ2) is 13.2. The average molecular weight is 575 g/mol. The molecule has 1 fully saturated rings. The van der Waals surface area contributed by atoms with Gasteiger partial charge in [0.25, 0.3) is 5.91 Å². The monoisotopic (exact) mass is 574 g/mol. The second-order valence-electron chi connectivity index (χ2n) is 9.19. The Morgan fingerprint density at radius 2 is 1.82 bits per heavy atom. The van der Waals surface area contributed by atoms with Crippen LogP contribution in [0.4, 0.5) is 0 Å². The molecule has 2 aliphatic rings. The van der Waals surface area contributed by atoms with Crippen LogP contribution in [0.25, 0.3) is 0 Å². The summed E-state index contributed by atoms with van der Waals surface area (Å²) >= 11 is 7.15. The molecule has 2 aliphatic heterocycles. The summed E-state index contributed by atoms with van der Waals surface area (Å²) in [6.07, 6.45) is 1.20. The maximum Gasteiger partial charge on any atom is 0.333 e. The molecule has 4 rings (SSSR count). The Hall–Kier alpha value is -3.21. The number of methoxy groups -OCH3 is 1. The minimum Gasteiger partial charge on any atom is -0.497 e. The number of fused-ring (bicyclic) bond motifs is 1. The van der Waals surface area contributed by atoms with Crippen LogP contribution in [-0.4, -0.2) is 65.1 Å². The third kappa shape index (κ3) is 6.87. The second-order valence-corrected chi connectivity index (χ2v) is 10.6. The standard InChI is InChI=1S/C28H31ClN2O7S/c1-3-4-5-22(32)21-16-39-27-24(30-23(33)15-37-20-12-8-18(29)9-13-20)26(34)31(27)25(21)28(35)38-14-17-6-10-19(36-2)11-7-17/h6-13,16,22,24-25,27,32H,3-5,14-15H2,1-2H3,(H,30,33)/t22?,24?,25?,27-/m0/s1. The van der Waals surface area contributed by atoms with E-state index in [1.165, 1.54) is 16.7 Å². The predicted molar refractivity (Wildman–Crippen MR) is 147 cm³/mol. The zero-order valence-electron chi connectivity index (χ0n) is 21.7. The van der Waals surface area contributed by atoms with Gasteiger partial charge in [0, 0.05) is 5.02 Å². The lowest BCUT2D eigenvalue weighted by Gasteiger charge is -2.52. The summed E-state index contributed by atoms with van der Waals surface area (Å²) in [6, 6.07) is 11.8. The van der Waals surface area contributed by atoms with Crippen molar-refractivity contribution in [2.45, 2.75) is 56.4 Å². The van der Waals surface area contributed by atoms with Gasteiger partial charge < -0.3 is 29.5 Å². The van der Waals surface area contributed by atoms with Gasteiger partial charge in [-0.15, -0.1) is 11.8 Å². The minimum atomic E-state index is -1.08. The Morgan fingerprint density at radius 1 is 1.13 bits per heavy atom. The molecule has 4 atom stereocenters. The van der Waals surface area contributed by atoms with Crippen molar-refractivity contribution >= 4 is 41.1 Å². The molecule has 39 heavy (non-hydrogen) atoms. The maximum atomic E-state index is 13.3. The number of carbonyl (C=O) groups is 3. The molecule has 0 saturated carbocycles. The molecule has 0 radical (unpaired) electrons. The molecule has 208 valence electrons. The van der Waals surface area contributed by atoms with E-state index in [1.54, 1.807) is 61.0 Å². The van der Waals surface area contributed by atoms with Gasteiger partial charge in [-0.05, 0) is 59.4 Å². The largest absolute Gasteiger partial charge is 0.497 e. The van der Waals surface area contributed by atoms with Crippen LogP contribution >= 0.6 is 23.4 Å². The highest BCUT2D eigenvalue weighted by Gasteiger charge is 2.56. The Balaban J connectivity index is 1.42. The van der Waals surface area contributed by atoms with E-state index in [1.807, 2.05) is 6.92 Å². The van der Waals surface area contributed by atoms with Crippen LogP contribution < -0.4 is 14.8 Å². The molecule has 0 aliphatic carbocycles. The summed E-state index contributed by atoms with van der Waals surface area (Å²) in [5.41, 5.74) is 1.18. The number of ether oxygens (including phenoxy) is 3. The number of amides is 2. The van der Waals surface area contributed by atoms with Gasteiger partial charge in [-0.3, -0.25) is 9.59 Å². The van der Waals surface area contributed by atoms with Crippen LogP contribution in [0.5, 0.6) is 11.5 Å². The average Bonchev–Trinajstić information content (AvgIpc) is 2.96. The molecular weight excluding hydrogens is 544 g/mol. The molecule has 2 N–H and O–H groups in total. The van der Waals surface area contributed by atoms with E-state index in [4.69, 9.17) is 25.8 Å². The number of β-lactam (4-membered cyclic amide) rings is 1. The van der Waals surface area contributed by atoms with Crippen LogP contribution in [0, 0.1) is 0 Å². The van der Waals surface area contributed by atoms with Gasteiger partial charge in [-0.25, -0.2) is 4.79 Å². The molecule has 11 heteroatoms. The molecule has 0 aromatic heterocycles. The van der Waals surface area contributed by atoms with Crippen molar-refractivity contribution in [3.8, 4) is 11.5 Å². The van der Waals surface area contributed by atoms with E-state index < -0.39 is 41.3 Å². The van der Waals surface area contributed by atoms with Gasteiger partial charge in [0.05, 0.1) is 13.2 Å². The molecular formula is C28H31ClN2O7S. The van der Waals surface area contributed by atoms with Crippen molar-refractivity contribution in [2.75, 3.05) is 13.7 Å². The number of aliphatic hydroxyl groups is 1. The number of hydrogen-bond donors (Lipinski definition) is 2. The van der Waals surface area contributed by atoms with Crippen molar-refractivity contribution in [2.24, 2.45) is 0 Å². The van der Waals surface area contributed by atoms with Gasteiger partial charge in [0.15, 0.2) is 12.6 Å². The molecule has 2 aromatic carbocycles. The first-order valence-electron chi connectivity index (χ1n) is 12.6. The minimum absolute atomic E-state index is 0.000293. The van der Waals surface area contributed by atoms with Crippen LogP contribution in [0.2, 0.25) is 5.02 Å². The van der Waals surface area contributed by atoms with Gasteiger partial charge >= 0.3 is 5.97 Å². The van der Waals surface area contributed by atoms with Crippen LogP contribution in [0.15, 0.2) is 59.5 Å². The fourth-order valence-electron chi connectivity index (χ4n) is 4.34. The van der Waals surface area contributed by atoms with Gasteiger partial charge in [0.1, 0.15) is 29.5 Å². The summed E-state index contributed by atoms with van der Waals surface area (Å²) in [6.45, 7) is 1.73. The molecule has 3 unspecified atom stereocenters.